The van der Waals surface area contributed by atoms with Gasteiger partial charge in [-0.15, -0.1) is 0 Å². The molecule has 2 N–H and O–H groups in total. The first kappa shape index (κ1) is 15.4. The number of carbonyl (C=O) groups is 1. The molecule has 0 fully saturated rings. The van der Waals surface area contributed by atoms with E-state index in [2.05, 4.69) is 10.3 Å². The molecular weight excluding hydrogens is 268 g/mol. The van der Waals surface area contributed by atoms with Crippen LogP contribution in [0.5, 0.6) is 0 Å². The molecule has 0 bridgehead atoms. The Balaban J connectivity index is 1.89. The summed E-state index contributed by atoms with van der Waals surface area (Å²) in [5.74, 6) is -0.0976. The van der Waals surface area contributed by atoms with E-state index in [1.54, 1.807) is 6.07 Å². The Hall–Kier alpha value is -1.98. The molecule has 0 aliphatic heterocycles. The molecule has 21 heavy (non-hydrogen) atoms. The van der Waals surface area contributed by atoms with Crippen LogP contribution in [-0.4, -0.2) is 42.4 Å². The Morgan fingerprint density at radius 3 is 2.95 bits per heavy atom. The van der Waals surface area contributed by atoms with Gasteiger partial charge in [0.15, 0.2) is 0 Å². The molecule has 0 aliphatic rings. The molecule has 1 heterocycles. The second kappa shape index (κ2) is 7.71. The molecule has 1 amide bonds. The van der Waals surface area contributed by atoms with Gasteiger partial charge in [-0.1, -0.05) is 6.07 Å². The van der Waals surface area contributed by atoms with Crippen molar-refractivity contribution in [2.24, 2.45) is 0 Å². The molecule has 1 aromatic carbocycles. The van der Waals surface area contributed by atoms with E-state index in [0.29, 0.717) is 25.3 Å². The highest BCUT2D eigenvalue weighted by molar-refractivity contribution is 5.97. The fraction of sp³-hybridized carbons (Fsp3) is 0.375. The molecule has 0 saturated carbocycles. The lowest BCUT2D eigenvalue weighted by molar-refractivity contribution is 0.0867. The highest BCUT2D eigenvalue weighted by Crippen LogP contribution is 2.14. The maximum Gasteiger partial charge on any atom is 0.251 e. The van der Waals surface area contributed by atoms with Crippen molar-refractivity contribution in [1.29, 1.82) is 0 Å². The first-order valence-corrected chi connectivity index (χ1v) is 7.05. The largest absolute Gasteiger partial charge is 0.394 e. The fourth-order valence-electron chi connectivity index (χ4n) is 2.01. The molecule has 112 valence electrons. The van der Waals surface area contributed by atoms with Gasteiger partial charge >= 0.3 is 0 Å². The van der Waals surface area contributed by atoms with Crippen LogP contribution in [0.25, 0.3) is 10.9 Å². The summed E-state index contributed by atoms with van der Waals surface area (Å²) < 4.78 is 5.13. The summed E-state index contributed by atoms with van der Waals surface area (Å²) in [4.78, 5) is 16.4. The zero-order valence-electron chi connectivity index (χ0n) is 12.1. The van der Waals surface area contributed by atoms with Crippen LogP contribution in [-0.2, 0) is 4.74 Å². The molecular formula is C16H20N2O3. The summed E-state index contributed by atoms with van der Waals surface area (Å²) in [5, 5.41) is 12.4. The molecule has 2 rings (SSSR count). The van der Waals surface area contributed by atoms with Crippen molar-refractivity contribution in [3.63, 3.8) is 0 Å². The van der Waals surface area contributed by atoms with Crippen molar-refractivity contribution < 1.29 is 14.6 Å². The maximum absolute atomic E-state index is 12.0. The van der Waals surface area contributed by atoms with E-state index < -0.39 is 0 Å². The molecule has 5 nitrogen and oxygen atoms in total. The topological polar surface area (TPSA) is 71.5 Å². The van der Waals surface area contributed by atoms with E-state index in [0.717, 1.165) is 23.0 Å². The van der Waals surface area contributed by atoms with Crippen LogP contribution < -0.4 is 5.32 Å². The summed E-state index contributed by atoms with van der Waals surface area (Å²) in [6.07, 6.45) is 0.722. The van der Waals surface area contributed by atoms with Crippen LogP contribution >= 0.6 is 0 Å². The highest BCUT2D eigenvalue weighted by atomic mass is 16.5. The number of ether oxygens (including phenoxy) is 1. The van der Waals surface area contributed by atoms with Gasteiger partial charge in [0.05, 0.1) is 18.7 Å². The quantitative estimate of drug-likeness (QED) is 0.760. The monoisotopic (exact) mass is 288 g/mol. The Morgan fingerprint density at radius 2 is 2.14 bits per heavy atom. The third kappa shape index (κ3) is 4.51. The number of rotatable bonds is 7. The second-order valence-corrected chi connectivity index (χ2v) is 4.81. The summed E-state index contributed by atoms with van der Waals surface area (Å²) in [7, 11) is 0. The number of benzene rings is 1. The number of aliphatic hydroxyl groups excluding tert-OH is 1. The van der Waals surface area contributed by atoms with Crippen LogP contribution in [0.2, 0.25) is 0 Å². The molecule has 0 radical (unpaired) electrons. The molecule has 1 aromatic heterocycles. The lowest BCUT2D eigenvalue weighted by Gasteiger charge is -2.07. The minimum Gasteiger partial charge on any atom is -0.394 e. The van der Waals surface area contributed by atoms with Crippen LogP contribution in [0, 0.1) is 6.92 Å². The number of nitrogens with one attached hydrogen (secondary N) is 1. The van der Waals surface area contributed by atoms with Gasteiger partial charge < -0.3 is 15.2 Å². The average Bonchev–Trinajstić information content (AvgIpc) is 2.50. The minimum atomic E-state index is -0.0976. The molecule has 0 saturated heterocycles. The van der Waals surface area contributed by atoms with Gasteiger partial charge in [0.25, 0.3) is 5.91 Å². The minimum absolute atomic E-state index is 0.0248. The molecule has 2 aromatic rings. The molecule has 5 heteroatoms. The van der Waals surface area contributed by atoms with Crippen molar-refractivity contribution in [3.05, 3.63) is 41.6 Å². The van der Waals surface area contributed by atoms with Crippen molar-refractivity contribution in [2.45, 2.75) is 13.3 Å². The van der Waals surface area contributed by atoms with Crippen LogP contribution in [0.15, 0.2) is 30.3 Å². The van der Waals surface area contributed by atoms with Gasteiger partial charge in [-0.3, -0.25) is 9.78 Å². The zero-order chi connectivity index (χ0) is 15.1. The van der Waals surface area contributed by atoms with Crippen molar-refractivity contribution >= 4 is 16.8 Å². The van der Waals surface area contributed by atoms with Crippen molar-refractivity contribution in [3.8, 4) is 0 Å². The van der Waals surface area contributed by atoms with Crippen LogP contribution in [0.1, 0.15) is 22.5 Å². The number of nitrogens with zero attached hydrogens (tertiary/aromatic N) is 1. The van der Waals surface area contributed by atoms with Gasteiger partial charge in [0.1, 0.15) is 0 Å². The van der Waals surface area contributed by atoms with Crippen LogP contribution in [0.3, 0.4) is 0 Å². The predicted octanol–water partition coefficient (Wildman–Crippen LogP) is 1.67. The van der Waals surface area contributed by atoms with Crippen molar-refractivity contribution in [1.82, 2.24) is 10.3 Å². The number of pyridine rings is 1. The van der Waals surface area contributed by atoms with E-state index in [-0.39, 0.29) is 12.5 Å². The number of fused-ring (bicyclic) bond motifs is 1. The van der Waals surface area contributed by atoms with Crippen molar-refractivity contribution in [2.75, 3.05) is 26.4 Å². The fourth-order valence-corrected chi connectivity index (χ4v) is 2.01. The molecule has 0 atom stereocenters. The third-order valence-electron chi connectivity index (χ3n) is 3.08. The number of aromatic nitrogens is 1. The lowest BCUT2D eigenvalue weighted by Crippen LogP contribution is -2.25. The summed E-state index contributed by atoms with van der Waals surface area (Å²) in [6, 6.07) is 9.40. The lowest BCUT2D eigenvalue weighted by atomic mass is 10.1. The van der Waals surface area contributed by atoms with Gasteiger partial charge in [-0.05, 0) is 37.6 Å². The summed E-state index contributed by atoms with van der Waals surface area (Å²) >= 11 is 0. The summed E-state index contributed by atoms with van der Waals surface area (Å²) in [6.45, 7) is 3.39. The van der Waals surface area contributed by atoms with Crippen LogP contribution in [0.4, 0.5) is 0 Å². The number of aliphatic hydroxyl groups is 1. The van der Waals surface area contributed by atoms with Gasteiger partial charge in [-0.2, -0.15) is 0 Å². The standard InChI is InChI=1S/C16H20N2O3/c1-12-3-4-13-11-14(5-6-15(13)18-12)16(20)17-7-2-9-21-10-8-19/h3-6,11,19H,2,7-10H2,1H3,(H,17,20). The number of carbonyl (C=O) groups excluding carboxylic acids is 1. The molecule has 0 aliphatic carbocycles. The average molecular weight is 288 g/mol. The van der Waals surface area contributed by atoms with Gasteiger partial charge in [-0.25, -0.2) is 0 Å². The molecule has 0 spiro atoms. The van der Waals surface area contributed by atoms with E-state index in [1.165, 1.54) is 0 Å². The number of hydrogen-bond donors (Lipinski definition) is 2. The first-order chi connectivity index (χ1) is 10.2. The van der Waals surface area contributed by atoms with E-state index in [4.69, 9.17) is 9.84 Å². The molecule has 0 unspecified atom stereocenters. The smallest absolute Gasteiger partial charge is 0.251 e. The number of amides is 1. The second-order valence-electron chi connectivity index (χ2n) is 4.81. The zero-order valence-corrected chi connectivity index (χ0v) is 12.1. The highest BCUT2D eigenvalue weighted by Gasteiger charge is 2.06. The Labute approximate surface area is 124 Å². The van der Waals surface area contributed by atoms with E-state index in [1.807, 2.05) is 31.2 Å². The van der Waals surface area contributed by atoms with Gasteiger partial charge in [0.2, 0.25) is 0 Å². The predicted molar refractivity (Wildman–Crippen MR) is 81.3 cm³/mol. The van der Waals surface area contributed by atoms with Gasteiger partial charge in [0, 0.05) is 29.8 Å². The maximum atomic E-state index is 12.0. The Kier molecular flexibility index (Phi) is 5.66. The third-order valence-corrected chi connectivity index (χ3v) is 3.08. The summed E-state index contributed by atoms with van der Waals surface area (Å²) in [5.41, 5.74) is 2.48. The Bertz CT molecular complexity index is 613. The first-order valence-electron chi connectivity index (χ1n) is 7.05. The normalized spacial score (nSPS) is 10.8. The number of hydrogen-bond acceptors (Lipinski definition) is 4. The van der Waals surface area contributed by atoms with E-state index >= 15 is 0 Å². The SMILES string of the molecule is Cc1ccc2cc(C(=O)NCCCOCCO)ccc2n1. The number of aryl methyl sites for hydroxylation is 1. The Morgan fingerprint density at radius 1 is 1.29 bits per heavy atom. The van der Waals surface area contributed by atoms with E-state index in [9.17, 15) is 4.79 Å².